The molecule has 0 saturated carbocycles. The Kier molecular flexibility index (Phi) is 1.91. The number of hydrogen-bond donors (Lipinski definition) is 3. The molecule has 20 heavy (non-hydrogen) atoms. The van der Waals surface area contributed by atoms with Crippen molar-refractivity contribution in [2.75, 3.05) is 0 Å². The second kappa shape index (κ2) is 3.43. The monoisotopic (exact) mass is 268 g/mol. The van der Waals surface area contributed by atoms with Crippen LogP contribution in [0.2, 0.25) is 0 Å². The number of aliphatic hydroxyl groups is 1. The van der Waals surface area contributed by atoms with E-state index in [-0.39, 0.29) is 0 Å². The summed E-state index contributed by atoms with van der Waals surface area (Å²) < 4.78 is 0. The summed E-state index contributed by atoms with van der Waals surface area (Å²) in [5, 5.41) is 15.5. The predicted octanol–water partition coefficient (Wildman–Crippen LogP) is 0.458. The highest BCUT2D eigenvalue weighted by atomic mass is 16.3. The van der Waals surface area contributed by atoms with Gasteiger partial charge in [0.05, 0.1) is 0 Å². The van der Waals surface area contributed by atoms with E-state index in [4.69, 9.17) is 0 Å². The first-order chi connectivity index (χ1) is 9.58. The van der Waals surface area contributed by atoms with Crippen molar-refractivity contribution in [2.45, 2.75) is 6.23 Å². The minimum atomic E-state index is -1.14. The number of aliphatic hydroxyl groups excluding tert-OH is 1. The number of rotatable bonds is 0. The van der Waals surface area contributed by atoms with Crippen LogP contribution in [0.5, 0.6) is 0 Å². The van der Waals surface area contributed by atoms with Crippen molar-refractivity contribution in [1.82, 2.24) is 10.6 Å². The Morgan fingerprint density at radius 2 is 1.35 bits per heavy atom. The summed E-state index contributed by atoms with van der Waals surface area (Å²) in [7, 11) is 0. The number of carbonyl (C=O) groups is 3. The van der Waals surface area contributed by atoms with Gasteiger partial charge in [0.1, 0.15) is 0 Å². The number of amides is 3. The molecule has 0 spiro atoms. The fourth-order valence-corrected chi connectivity index (χ4v) is 2.84. The maximum atomic E-state index is 11.9. The summed E-state index contributed by atoms with van der Waals surface area (Å²) >= 11 is 0. The van der Waals surface area contributed by atoms with Gasteiger partial charge in [0.15, 0.2) is 6.23 Å². The lowest BCUT2D eigenvalue weighted by Gasteiger charge is -2.26. The number of benzene rings is 2. The van der Waals surface area contributed by atoms with Crippen LogP contribution in [0.4, 0.5) is 0 Å². The van der Waals surface area contributed by atoms with Crippen LogP contribution >= 0.6 is 0 Å². The highest BCUT2D eigenvalue weighted by Crippen LogP contribution is 2.36. The first-order valence-electron chi connectivity index (χ1n) is 6.02. The smallest absolute Gasteiger partial charge is 0.258 e. The van der Waals surface area contributed by atoms with Crippen molar-refractivity contribution < 1.29 is 19.5 Å². The van der Waals surface area contributed by atoms with E-state index in [1.54, 1.807) is 12.1 Å². The predicted molar refractivity (Wildman–Crippen MR) is 68.2 cm³/mol. The van der Waals surface area contributed by atoms with E-state index in [0.29, 0.717) is 33.0 Å². The average Bonchev–Trinajstić information content (AvgIpc) is 2.42. The van der Waals surface area contributed by atoms with Crippen LogP contribution in [0.25, 0.3) is 10.8 Å². The van der Waals surface area contributed by atoms with Gasteiger partial charge in [-0.15, -0.1) is 0 Å². The average molecular weight is 268 g/mol. The molecule has 0 radical (unpaired) electrons. The summed E-state index contributed by atoms with van der Waals surface area (Å²) in [5.74, 6) is -1.41. The van der Waals surface area contributed by atoms with Gasteiger partial charge < -0.3 is 10.4 Å². The van der Waals surface area contributed by atoms with E-state index < -0.39 is 23.9 Å². The van der Waals surface area contributed by atoms with Crippen molar-refractivity contribution in [1.29, 1.82) is 0 Å². The second-order valence-electron chi connectivity index (χ2n) is 4.77. The van der Waals surface area contributed by atoms with E-state index in [9.17, 15) is 19.5 Å². The summed E-state index contributed by atoms with van der Waals surface area (Å²) in [6, 6.07) is 6.18. The van der Waals surface area contributed by atoms with Crippen LogP contribution in [0.1, 0.15) is 42.9 Å². The molecule has 0 aromatic heterocycles. The van der Waals surface area contributed by atoms with Gasteiger partial charge >= 0.3 is 0 Å². The Hall–Kier alpha value is -2.73. The van der Waals surface area contributed by atoms with Gasteiger partial charge in [-0.25, -0.2) is 0 Å². The summed E-state index contributed by atoms with van der Waals surface area (Å²) in [6.07, 6.45) is -1.14. The molecule has 3 amide bonds. The number of imide groups is 1. The zero-order valence-corrected chi connectivity index (χ0v) is 10.1. The molecule has 4 rings (SSSR count). The first kappa shape index (κ1) is 11.1. The normalized spacial score (nSPS) is 19.9. The number of nitrogens with one attached hydrogen (secondary N) is 2. The van der Waals surface area contributed by atoms with Crippen molar-refractivity contribution in [3.05, 3.63) is 46.5 Å². The van der Waals surface area contributed by atoms with E-state index in [2.05, 4.69) is 10.6 Å². The molecule has 0 aliphatic carbocycles. The maximum absolute atomic E-state index is 11.9. The first-order valence-corrected chi connectivity index (χ1v) is 6.02. The summed E-state index contributed by atoms with van der Waals surface area (Å²) in [4.78, 5) is 35.7. The SMILES string of the molecule is O=C1NC(=O)c2ccc3c4c(ccc1c24)C(=O)NC3O. The molecule has 0 fully saturated rings. The summed E-state index contributed by atoms with van der Waals surface area (Å²) in [5.41, 5.74) is 1.51. The van der Waals surface area contributed by atoms with Crippen LogP contribution in [-0.2, 0) is 0 Å². The van der Waals surface area contributed by atoms with Gasteiger partial charge in [0, 0.05) is 33.0 Å². The third-order valence-corrected chi connectivity index (χ3v) is 3.72. The zero-order chi connectivity index (χ0) is 14.0. The lowest BCUT2D eigenvalue weighted by atomic mass is 9.87. The van der Waals surface area contributed by atoms with Crippen LogP contribution in [0, 0.1) is 0 Å². The number of hydrogen-bond acceptors (Lipinski definition) is 4. The number of carbonyl (C=O) groups excluding carboxylic acids is 3. The van der Waals surface area contributed by atoms with Crippen molar-refractivity contribution in [3.8, 4) is 0 Å². The molecule has 6 nitrogen and oxygen atoms in total. The van der Waals surface area contributed by atoms with Gasteiger partial charge in [-0.3, -0.25) is 19.7 Å². The summed E-state index contributed by atoms with van der Waals surface area (Å²) in [6.45, 7) is 0. The quantitative estimate of drug-likeness (QED) is 0.605. The van der Waals surface area contributed by atoms with Gasteiger partial charge in [0.25, 0.3) is 17.7 Å². The fraction of sp³-hybridized carbons (Fsp3) is 0.0714. The fourth-order valence-electron chi connectivity index (χ4n) is 2.84. The van der Waals surface area contributed by atoms with Crippen molar-refractivity contribution in [2.24, 2.45) is 0 Å². The van der Waals surface area contributed by atoms with Gasteiger partial charge in [-0.1, -0.05) is 6.07 Å². The molecule has 2 heterocycles. The molecule has 2 aliphatic rings. The third-order valence-electron chi connectivity index (χ3n) is 3.72. The Morgan fingerprint density at radius 1 is 0.800 bits per heavy atom. The molecular formula is C14H8N2O4. The highest BCUT2D eigenvalue weighted by molar-refractivity contribution is 6.28. The third kappa shape index (κ3) is 1.18. The lowest BCUT2D eigenvalue weighted by molar-refractivity contribution is 0.0767. The highest BCUT2D eigenvalue weighted by Gasteiger charge is 2.32. The molecule has 0 bridgehead atoms. The van der Waals surface area contributed by atoms with E-state index >= 15 is 0 Å². The standard InChI is InChI=1S/C14H8N2O4/c17-11-5-1-2-6-10-8(14(20)16-12(6)18)4-3-7(9(5)10)13(19)15-11/h1-4,11,17H,(H,15,19)(H,16,18,20). The van der Waals surface area contributed by atoms with E-state index in [1.807, 2.05) is 0 Å². The van der Waals surface area contributed by atoms with Gasteiger partial charge in [-0.2, -0.15) is 0 Å². The second-order valence-corrected chi connectivity index (χ2v) is 4.77. The Balaban J connectivity index is 2.26. The van der Waals surface area contributed by atoms with Gasteiger partial charge in [0.2, 0.25) is 0 Å². The largest absolute Gasteiger partial charge is 0.369 e. The molecule has 1 atom stereocenters. The van der Waals surface area contributed by atoms with Crippen LogP contribution in [0.3, 0.4) is 0 Å². The van der Waals surface area contributed by atoms with Crippen molar-refractivity contribution in [3.63, 3.8) is 0 Å². The molecule has 2 aromatic carbocycles. The Bertz CT molecular complexity index is 820. The van der Waals surface area contributed by atoms with Crippen LogP contribution in [0.15, 0.2) is 24.3 Å². The minimum absolute atomic E-state index is 0.335. The lowest BCUT2D eigenvalue weighted by Crippen LogP contribution is -2.37. The minimum Gasteiger partial charge on any atom is -0.369 e. The van der Waals surface area contributed by atoms with Gasteiger partial charge in [-0.05, 0) is 18.2 Å². The molecule has 0 saturated heterocycles. The molecular weight excluding hydrogens is 260 g/mol. The molecule has 2 aromatic rings. The topological polar surface area (TPSA) is 95.5 Å². The van der Waals surface area contributed by atoms with Crippen molar-refractivity contribution >= 4 is 28.5 Å². The molecule has 98 valence electrons. The molecule has 1 unspecified atom stereocenters. The molecule has 3 N–H and O–H groups in total. The van der Waals surface area contributed by atoms with E-state index in [0.717, 1.165) is 0 Å². The maximum Gasteiger partial charge on any atom is 0.258 e. The van der Waals surface area contributed by atoms with Crippen LogP contribution in [-0.4, -0.2) is 22.8 Å². The van der Waals surface area contributed by atoms with Crippen LogP contribution < -0.4 is 10.6 Å². The Morgan fingerprint density at radius 3 is 2.00 bits per heavy atom. The Labute approximate surface area is 112 Å². The molecule has 6 heteroatoms. The zero-order valence-electron chi connectivity index (χ0n) is 10.1. The van der Waals surface area contributed by atoms with E-state index in [1.165, 1.54) is 12.1 Å². The molecule has 2 aliphatic heterocycles.